The number of nitrogens with one attached hydrogen (secondary N) is 2. The minimum Gasteiger partial charge on any atom is -0.454 e. The van der Waals surface area contributed by atoms with Crippen molar-refractivity contribution in [3.05, 3.63) is 42.1 Å². The summed E-state index contributed by atoms with van der Waals surface area (Å²) in [4.78, 5) is 18.7. The van der Waals surface area contributed by atoms with Gasteiger partial charge in [0, 0.05) is 24.5 Å². The van der Waals surface area contributed by atoms with Gasteiger partial charge in [0.2, 0.25) is 6.79 Å². The highest BCUT2D eigenvalue weighted by Crippen LogP contribution is 2.34. The number of rotatable bonds is 7. The number of ether oxygens (including phenoxy) is 2. The van der Waals surface area contributed by atoms with Crippen LogP contribution in [0, 0.1) is 0 Å². The number of aromatic nitrogens is 1. The Morgan fingerprint density at radius 3 is 2.80 bits per heavy atom. The molecule has 0 saturated carbocycles. The quantitative estimate of drug-likeness (QED) is 0.753. The normalized spacial score (nSPS) is 12.3. The van der Waals surface area contributed by atoms with Crippen LogP contribution in [-0.4, -0.2) is 49.8 Å². The van der Waals surface area contributed by atoms with Gasteiger partial charge in [-0.1, -0.05) is 0 Å². The highest BCUT2D eigenvalue weighted by Gasteiger charge is 2.14. The van der Waals surface area contributed by atoms with E-state index in [0.717, 1.165) is 25.3 Å². The molecule has 25 heavy (non-hydrogen) atoms. The number of amides is 1. The SMILES string of the molecule is CN(C)CCCNc1ccc(C(=O)Nc2ccc3c(c2)OCO3)cn1. The Morgan fingerprint density at radius 1 is 1.20 bits per heavy atom. The molecule has 0 spiro atoms. The summed E-state index contributed by atoms with van der Waals surface area (Å²) >= 11 is 0. The Morgan fingerprint density at radius 2 is 2.04 bits per heavy atom. The van der Waals surface area contributed by atoms with Crippen LogP contribution in [-0.2, 0) is 0 Å². The van der Waals surface area contributed by atoms with Crippen LogP contribution >= 0.6 is 0 Å². The topological polar surface area (TPSA) is 75.7 Å². The molecular weight excluding hydrogens is 320 g/mol. The molecule has 7 heteroatoms. The summed E-state index contributed by atoms with van der Waals surface area (Å²) in [5.41, 5.74) is 1.15. The molecule has 0 radical (unpaired) electrons. The number of benzene rings is 1. The highest BCUT2D eigenvalue weighted by atomic mass is 16.7. The van der Waals surface area contributed by atoms with Crippen molar-refractivity contribution in [2.45, 2.75) is 6.42 Å². The Kier molecular flexibility index (Phi) is 5.35. The van der Waals surface area contributed by atoms with Gasteiger partial charge < -0.3 is 25.0 Å². The molecule has 1 aromatic heterocycles. The van der Waals surface area contributed by atoms with E-state index in [4.69, 9.17) is 9.47 Å². The maximum absolute atomic E-state index is 12.3. The zero-order valence-corrected chi connectivity index (χ0v) is 14.4. The van der Waals surface area contributed by atoms with Crippen molar-refractivity contribution in [2.24, 2.45) is 0 Å². The van der Waals surface area contributed by atoms with Crippen LogP contribution in [0.1, 0.15) is 16.8 Å². The lowest BCUT2D eigenvalue weighted by molar-refractivity contribution is 0.102. The minimum atomic E-state index is -0.217. The fourth-order valence-corrected chi connectivity index (χ4v) is 2.42. The Balaban J connectivity index is 1.54. The van der Waals surface area contributed by atoms with Gasteiger partial charge in [0.05, 0.1) is 5.56 Å². The van der Waals surface area contributed by atoms with Crippen molar-refractivity contribution in [3.8, 4) is 11.5 Å². The molecule has 0 aliphatic carbocycles. The second-order valence-electron chi connectivity index (χ2n) is 6.04. The van der Waals surface area contributed by atoms with E-state index in [9.17, 15) is 4.79 Å². The third-order valence-corrected chi connectivity index (χ3v) is 3.74. The molecule has 2 N–H and O–H groups in total. The summed E-state index contributed by atoms with van der Waals surface area (Å²) in [5, 5.41) is 6.08. The average molecular weight is 342 g/mol. The van der Waals surface area contributed by atoms with Crippen LogP contribution in [0.4, 0.5) is 11.5 Å². The van der Waals surface area contributed by atoms with Gasteiger partial charge in [-0.3, -0.25) is 4.79 Å². The van der Waals surface area contributed by atoms with E-state index in [-0.39, 0.29) is 12.7 Å². The summed E-state index contributed by atoms with van der Waals surface area (Å²) < 4.78 is 10.6. The number of anilines is 2. The van der Waals surface area contributed by atoms with Crippen LogP contribution in [0.3, 0.4) is 0 Å². The van der Waals surface area contributed by atoms with Gasteiger partial charge in [0.15, 0.2) is 11.5 Å². The monoisotopic (exact) mass is 342 g/mol. The molecule has 1 aliphatic rings. The van der Waals surface area contributed by atoms with Gasteiger partial charge in [0.25, 0.3) is 5.91 Å². The first-order chi connectivity index (χ1) is 12.1. The molecule has 0 saturated heterocycles. The van der Waals surface area contributed by atoms with Gasteiger partial charge in [-0.25, -0.2) is 4.98 Å². The second kappa shape index (κ2) is 7.85. The minimum absolute atomic E-state index is 0.208. The molecule has 0 bridgehead atoms. The van der Waals surface area contributed by atoms with Crippen LogP contribution in [0.2, 0.25) is 0 Å². The van der Waals surface area contributed by atoms with E-state index in [1.54, 1.807) is 30.5 Å². The van der Waals surface area contributed by atoms with Crippen molar-refractivity contribution in [3.63, 3.8) is 0 Å². The second-order valence-corrected chi connectivity index (χ2v) is 6.04. The van der Waals surface area contributed by atoms with Crippen molar-refractivity contribution >= 4 is 17.4 Å². The molecule has 132 valence electrons. The van der Waals surface area contributed by atoms with Gasteiger partial charge in [-0.15, -0.1) is 0 Å². The van der Waals surface area contributed by atoms with E-state index in [2.05, 4.69) is 20.5 Å². The van der Waals surface area contributed by atoms with Crippen molar-refractivity contribution in [1.82, 2.24) is 9.88 Å². The van der Waals surface area contributed by atoms with Crippen LogP contribution in [0.25, 0.3) is 0 Å². The van der Waals surface area contributed by atoms with Crippen LogP contribution < -0.4 is 20.1 Å². The molecule has 0 atom stereocenters. The van der Waals surface area contributed by atoms with Crippen molar-refractivity contribution < 1.29 is 14.3 Å². The molecular formula is C18H22N4O3. The number of pyridine rings is 1. The van der Waals surface area contributed by atoms with E-state index >= 15 is 0 Å². The standard InChI is InChI=1S/C18H22N4O3/c1-22(2)9-3-8-19-17-7-4-13(11-20-17)18(23)21-14-5-6-15-16(10-14)25-12-24-15/h4-7,10-11H,3,8-9,12H2,1-2H3,(H,19,20)(H,21,23). The first-order valence-electron chi connectivity index (χ1n) is 8.17. The van der Waals surface area contributed by atoms with Gasteiger partial charge in [-0.2, -0.15) is 0 Å². The smallest absolute Gasteiger partial charge is 0.257 e. The molecule has 2 aromatic rings. The van der Waals surface area contributed by atoms with Crippen molar-refractivity contribution in [2.75, 3.05) is 44.6 Å². The zero-order chi connectivity index (χ0) is 17.6. The maximum Gasteiger partial charge on any atom is 0.257 e. The number of carbonyl (C=O) groups excluding carboxylic acids is 1. The summed E-state index contributed by atoms with van der Waals surface area (Å²) in [5.74, 6) is 1.86. The lowest BCUT2D eigenvalue weighted by Gasteiger charge is -2.10. The van der Waals surface area contributed by atoms with E-state index in [0.29, 0.717) is 22.7 Å². The molecule has 3 rings (SSSR count). The lowest BCUT2D eigenvalue weighted by atomic mass is 10.2. The first kappa shape index (κ1) is 17.0. The lowest BCUT2D eigenvalue weighted by Crippen LogP contribution is -2.17. The third-order valence-electron chi connectivity index (χ3n) is 3.74. The summed E-state index contributed by atoms with van der Waals surface area (Å²) in [6.45, 7) is 2.07. The molecule has 0 fully saturated rings. The number of fused-ring (bicyclic) bond motifs is 1. The van der Waals surface area contributed by atoms with Gasteiger partial charge >= 0.3 is 0 Å². The molecule has 1 aliphatic heterocycles. The fraction of sp³-hybridized carbons (Fsp3) is 0.333. The van der Waals surface area contributed by atoms with E-state index in [1.165, 1.54) is 0 Å². The van der Waals surface area contributed by atoms with Gasteiger partial charge in [0.1, 0.15) is 5.82 Å². The molecule has 1 aromatic carbocycles. The van der Waals surface area contributed by atoms with Crippen LogP contribution in [0.15, 0.2) is 36.5 Å². The summed E-state index contributed by atoms with van der Waals surface area (Å²) in [6, 6.07) is 8.86. The Bertz CT molecular complexity index is 732. The summed E-state index contributed by atoms with van der Waals surface area (Å²) in [7, 11) is 4.09. The Hall–Kier alpha value is -2.80. The number of carbonyl (C=O) groups is 1. The Labute approximate surface area is 147 Å². The fourth-order valence-electron chi connectivity index (χ4n) is 2.42. The third kappa shape index (κ3) is 4.60. The number of hydrogen-bond donors (Lipinski definition) is 2. The average Bonchev–Trinajstić information content (AvgIpc) is 3.07. The molecule has 1 amide bonds. The number of hydrogen-bond acceptors (Lipinski definition) is 6. The van der Waals surface area contributed by atoms with Crippen LogP contribution in [0.5, 0.6) is 11.5 Å². The number of nitrogens with zero attached hydrogens (tertiary/aromatic N) is 2. The highest BCUT2D eigenvalue weighted by molar-refractivity contribution is 6.04. The zero-order valence-electron chi connectivity index (χ0n) is 14.4. The summed E-state index contributed by atoms with van der Waals surface area (Å²) in [6.07, 6.45) is 2.59. The molecule has 2 heterocycles. The van der Waals surface area contributed by atoms with E-state index in [1.807, 2.05) is 20.2 Å². The predicted octanol–water partition coefficient (Wildman–Crippen LogP) is 2.43. The first-order valence-corrected chi connectivity index (χ1v) is 8.17. The van der Waals surface area contributed by atoms with E-state index < -0.39 is 0 Å². The van der Waals surface area contributed by atoms with Gasteiger partial charge in [-0.05, 0) is 51.3 Å². The molecule has 0 unspecified atom stereocenters. The van der Waals surface area contributed by atoms with Crippen molar-refractivity contribution in [1.29, 1.82) is 0 Å². The predicted molar refractivity (Wildman–Crippen MR) is 96.4 cm³/mol. The molecule has 7 nitrogen and oxygen atoms in total. The maximum atomic E-state index is 12.3. The largest absolute Gasteiger partial charge is 0.454 e.